The molecule has 9 heteroatoms. The molecule has 6 nitrogen and oxygen atoms in total. The first kappa shape index (κ1) is 19.7. The first-order valence-electron chi connectivity index (χ1n) is 9.79. The lowest BCUT2D eigenvalue weighted by Crippen LogP contribution is -2.37. The zero-order chi connectivity index (χ0) is 21.7. The first-order chi connectivity index (χ1) is 14.9. The van der Waals surface area contributed by atoms with E-state index < -0.39 is 11.6 Å². The molecule has 1 N–H and O–H groups in total. The molecule has 0 fully saturated rings. The van der Waals surface area contributed by atoms with Crippen molar-refractivity contribution < 1.29 is 8.78 Å². The van der Waals surface area contributed by atoms with Gasteiger partial charge in [0.05, 0.1) is 23.5 Å². The summed E-state index contributed by atoms with van der Waals surface area (Å²) < 4.78 is 27.5. The van der Waals surface area contributed by atoms with Crippen molar-refractivity contribution in [3.63, 3.8) is 0 Å². The number of fused-ring (bicyclic) bond motifs is 3. The van der Waals surface area contributed by atoms with Crippen molar-refractivity contribution in [3.05, 3.63) is 76.3 Å². The van der Waals surface area contributed by atoms with E-state index >= 15 is 0 Å². The van der Waals surface area contributed by atoms with E-state index in [1.54, 1.807) is 6.07 Å². The third-order valence-electron chi connectivity index (χ3n) is 5.58. The number of rotatable bonds is 3. The Kier molecular flexibility index (Phi) is 4.74. The molecule has 1 aliphatic heterocycles. The van der Waals surface area contributed by atoms with E-state index in [1.807, 2.05) is 42.2 Å². The van der Waals surface area contributed by atoms with E-state index in [1.165, 1.54) is 6.07 Å². The Balaban J connectivity index is 1.69. The molecular formula is C22H19ClF2N6. The fourth-order valence-electron chi connectivity index (χ4n) is 4.13. The molecule has 4 aromatic rings. The number of anilines is 2. The van der Waals surface area contributed by atoms with Gasteiger partial charge in [0.15, 0.2) is 5.82 Å². The largest absolute Gasteiger partial charge is 0.363 e. The van der Waals surface area contributed by atoms with Crippen LogP contribution in [0.15, 0.2) is 42.9 Å². The van der Waals surface area contributed by atoms with Gasteiger partial charge in [0, 0.05) is 43.4 Å². The first-order valence-corrected chi connectivity index (χ1v) is 10.2. The average Bonchev–Trinajstić information content (AvgIpc) is 3.11. The zero-order valence-electron chi connectivity index (χ0n) is 16.9. The van der Waals surface area contributed by atoms with Gasteiger partial charge < -0.3 is 14.8 Å². The predicted molar refractivity (Wildman–Crippen MR) is 117 cm³/mol. The number of benzene rings is 1. The van der Waals surface area contributed by atoms with Crippen LogP contribution in [0.1, 0.15) is 22.9 Å². The molecule has 4 heterocycles. The van der Waals surface area contributed by atoms with Crippen molar-refractivity contribution >= 4 is 34.3 Å². The molecule has 0 bridgehead atoms. The molecule has 1 aromatic carbocycles. The minimum absolute atomic E-state index is 0.0900. The van der Waals surface area contributed by atoms with Gasteiger partial charge in [-0.2, -0.15) is 0 Å². The van der Waals surface area contributed by atoms with Gasteiger partial charge in [0.2, 0.25) is 5.95 Å². The zero-order valence-corrected chi connectivity index (χ0v) is 17.7. The molecule has 0 amide bonds. The highest BCUT2D eigenvalue weighted by Gasteiger charge is 2.33. The Hall–Kier alpha value is -3.26. The predicted octanol–water partition coefficient (Wildman–Crippen LogP) is 4.50. The normalized spacial score (nSPS) is 15.9. The van der Waals surface area contributed by atoms with E-state index in [9.17, 15) is 8.78 Å². The SMILES string of the molecule is CN(C)c1ccc(C2c3[nH]c4cc(F)c(Cl)cc4c3CCN2c2ncc(F)cn2)cn1. The van der Waals surface area contributed by atoms with Gasteiger partial charge in [-0.05, 0) is 35.7 Å². The van der Waals surface area contributed by atoms with Crippen LogP contribution >= 0.6 is 11.6 Å². The minimum atomic E-state index is -0.495. The molecule has 0 saturated carbocycles. The molecule has 1 aliphatic rings. The topological polar surface area (TPSA) is 60.9 Å². The van der Waals surface area contributed by atoms with Crippen molar-refractivity contribution in [2.24, 2.45) is 0 Å². The number of nitrogens with zero attached hydrogens (tertiary/aromatic N) is 5. The second-order valence-corrected chi connectivity index (χ2v) is 8.13. The number of hydrogen-bond donors (Lipinski definition) is 1. The van der Waals surface area contributed by atoms with E-state index in [0.717, 1.165) is 40.4 Å². The van der Waals surface area contributed by atoms with Crippen LogP contribution in [0.3, 0.4) is 0 Å². The summed E-state index contributed by atoms with van der Waals surface area (Å²) >= 11 is 6.06. The number of halogens is 3. The number of aromatic nitrogens is 4. The summed E-state index contributed by atoms with van der Waals surface area (Å²) in [5, 5.41) is 0.982. The van der Waals surface area contributed by atoms with Crippen molar-refractivity contribution in [2.45, 2.75) is 12.5 Å². The molecule has 0 saturated heterocycles. The molecule has 1 atom stereocenters. The van der Waals surface area contributed by atoms with Crippen LogP contribution in [0.5, 0.6) is 0 Å². The van der Waals surface area contributed by atoms with E-state index in [4.69, 9.17) is 11.6 Å². The van der Waals surface area contributed by atoms with Gasteiger partial charge in [0.25, 0.3) is 0 Å². The number of H-pyrrole nitrogens is 1. The maximum absolute atomic E-state index is 14.1. The van der Waals surface area contributed by atoms with Gasteiger partial charge in [-0.3, -0.25) is 0 Å². The summed E-state index contributed by atoms with van der Waals surface area (Å²) in [6, 6.07) is 6.71. The Morgan fingerprint density at radius 3 is 2.55 bits per heavy atom. The summed E-state index contributed by atoms with van der Waals surface area (Å²) in [7, 11) is 3.85. The summed E-state index contributed by atoms with van der Waals surface area (Å²) in [4.78, 5) is 20.2. The highest BCUT2D eigenvalue weighted by Crippen LogP contribution is 2.40. The smallest absolute Gasteiger partial charge is 0.226 e. The van der Waals surface area contributed by atoms with Crippen LogP contribution in [-0.4, -0.2) is 40.6 Å². The lowest BCUT2D eigenvalue weighted by Gasteiger charge is -2.36. The van der Waals surface area contributed by atoms with Crippen LogP contribution in [-0.2, 0) is 6.42 Å². The summed E-state index contributed by atoms with van der Waals surface area (Å²) in [5.74, 6) is 0.275. The maximum Gasteiger partial charge on any atom is 0.226 e. The summed E-state index contributed by atoms with van der Waals surface area (Å²) in [6.07, 6.45) is 4.80. The Bertz CT molecular complexity index is 1250. The van der Waals surface area contributed by atoms with Crippen molar-refractivity contribution in [3.8, 4) is 0 Å². The highest BCUT2D eigenvalue weighted by atomic mass is 35.5. The maximum atomic E-state index is 14.1. The van der Waals surface area contributed by atoms with Crippen LogP contribution in [0.4, 0.5) is 20.5 Å². The molecule has 0 spiro atoms. The molecule has 31 heavy (non-hydrogen) atoms. The van der Waals surface area contributed by atoms with Gasteiger partial charge in [-0.25, -0.2) is 23.7 Å². The lowest BCUT2D eigenvalue weighted by atomic mass is 9.93. The Morgan fingerprint density at radius 1 is 1.10 bits per heavy atom. The second-order valence-electron chi connectivity index (χ2n) is 7.72. The third kappa shape index (κ3) is 3.37. The van der Waals surface area contributed by atoms with E-state index in [-0.39, 0.29) is 11.1 Å². The van der Waals surface area contributed by atoms with Gasteiger partial charge >= 0.3 is 0 Å². The van der Waals surface area contributed by atoms with Crippen molar-refractivity contribution in [2.75, 3.05) is 30.4 Å². The van der Waals surface area contributed by atoms with Crippen molar-refractivity contribution in [1.82, 2.24) is 19.9 Å². The number of pyridine rings is 1. The monoisotopic (exact) mass is 440 g/mol. The fraction of sp³-hybridized carbons (Fsp3) is 0.227. The van der Waals surface area contributed by atoms with Gasteiger partial charge in [-0.1, -0.05) is 17.7 Å². The van der Waals surface area contributed by atoms with Crippen LogP contribution in [0.2, 0.25) is 5.02 Å². The van der Waals surface area contributed by atoms with Gasteiger partial charge in [0.1, 0.15) is 11.6 Å². The molecular weight excluding hydrogens is 422 g/mol. The second kappa shape index (κ2) is 7.46. The van der Waals surface area contributed by atoms with Crippen LogP contribution < -0.4 is 9.80 Å². The fourth-order valence-corrected chi connectivity index (χ4v) is 4.29. The number of aromatic amines is 1. The molecule has 158 valence electrons. The minimum Gasteiger partial charge on any atom is -0.363 e. The number of nitrogens with one attached hydrogen (secondary N) is 1. The molecule has 3 aromatic heterocycles. The Labute approximate surface area is 182 Å². The van der Waals surface area contributed by atoms with E-state index in [0.29, 0.717) is 24.4 Å². The average molecular weight is 441 g/mol. The molecule has 0 aliphatic carbocycles. The highest BCUT2D eigenvalue weighted by molar-refractivity contribution is 6.31. The summed E-state index contributed by atoms with van der Waals surface area (Å²) in [5.41, 5.74) is 3.56. The van der Waals surface area contributed by atoms with Crippen LogP contribution in [0.25, 0.3) is 10.9 Å². The van der Waals surface area contributed by atoms with Crippen molar-refractivity contribution in [1.29, 1.82) is 0 Å². The number of hydrogen-bond acceptors (Lipinski definition) is 5. The standard InChI is InChI=1S/C22H19ClF2N6/c1-30(2)19-4-3-12(9-26-19)21-20-14(15-7-16(23)17(25)8-18(15)29-20)5-6-31(21)22-27-10-13(24)11-28-22/h3-4,7-11,21,29H,5-6H2,1-2H3. The third-order valence-corrected chi connectivity index (χ3v) is 5.87. The van der Waals surface area contributed by atoms with E-state index in [2.05, 4.69) is 19.9 Å². The van der Waals surface area contributed by atoms with Gasteiger partial charge in [-0.15, -0.1) is 0 Å². The summed E-state index contributed by atoms with van der Waals surface area (Å²) in [6.45, 7) is 0.598. The lowest BCUT2D eigenvalue weighted by molar-refractivity contribution is 0.595. The quantitative estimate of drug-likeness (QED) is 0.508. The Morgan fingerprint density at radius 2 is 1.87 bits per heavy atom. The molecule has 1 unspecified atom stereocenters. The molecule has 5 rings (SSSR count). The van der Waals surface area contributed by atoms with Crippen LogP contribution in [0, 0.1) is 11.6 Å². The molecule has 0 radical (unpaired) electrons.